The molecule has 2 atom stereocenters. The Hall–Kier alpha value is -0.810. The topological polar surface area (TPSA) is 44.8 Å². The molecule has 4 nitrogen and oxygen atoms in total. The lowest BCUT2D eigenvalue weighted by Gasteiger charge is -2.25. The standard InChI is InChI=1S/C16H20Cl2O4/c1-4-16(5-2)21-13(14(22-16)15(19)20-6-3)12-10(17)8-7-9-11(12)18/h7-9,13-14H,4-6H2,1-3H3/t13-,14+/m1/s1. The van der Waals surface area contributed by atoms with Crippen LogP contribution in [0.5, 0.6) is 0 Å². The minimum atomic E-state index is -0.878. The summed E-state index contributed by atoms with van der Waals surface area (Å²) in [6, 6.07) is 5.18. The molecule has 2 rings (SSSR count). The van der Waals surface area contributed by atoms with E-state index in [-0.39, 0.29) is 6.61 Å². The molecule has 1 aliphatic heterocycles. The lowest BCUT2D eigenvalue weighted by molar-refractivity contribution is -0.188. The maximum atomic E-state index is 12.3. The van der Waals surface area contributed by atoms with Gasteiger partial charge in [0.15, 0.2) is 11.9 Å². The smallest absolute Gasteiger partial charge is 0.338 e. The van der Waals surface area contributed by atoms with Gasteiger partial charge in [-0.05, 0) is 31.9 Å². The second kappa shape index (κ2) is 7.18. The zero-order valence-corrected chi connectivity index (χ0v) is 14.4. The summed E-state index contributed by atoms with van der Waals surface area (Å²) < 4.78 is 17.1. The Labute approximate surface area is 140 Å². The number of benzene rings is 1. The van der Waals surface area contributed by atoms with Crippen molar-refractivity contribution in [1.29, 1.82) is 0 Å². The fraction of sp³-hybridized carbons (Fsp3) is 0.562. The Kier molecular flexibility index (Phi) is 5.72. The molecule has 0 bridgehead atoms. The maximum Gasteiger partial charge on any atom is 0.338 e. The van der Waals surface area contributed by atoms with Crippen LogP contribution in [-0.2, 0) is 19.0 Å². The van der Waals surface area contributed by atoms with Crippen molar-refractivity contribution in [3.8, 4) is 0 Å². The molecule has 1 heterocycles. The molecule has 0 unspecified atom stereocenters. The van der Waals surface area contributed by atoms with Gasteiger partial charge in [0.1, 0.15) is 6.10 Å². The van der Waals surface area contributed by atoms with Gasteiger partial charge in [-0.15, -0.1) is 0 Å². The fourth-order valence-electron chi connectivity index (χ4n) is 2.59. The van der Waals surface area contributed by atoms with Crippen LogP contribution in [0.2, 0.25) is 10.0 Å². The number of rotatable bonds is 5. The molecule has 0 aliphatic carbocycles. The van der Waals surface area contributed by atoms with Gasteiger partial charge in [-0.2, -0.15) is 0 Å². The zero-order valence-electron chi connectivity index (χ0n) is 12.9. The van der Waals surface area contributed by atoms with Gasteiger partial charge in [-0.3, -0.25) is 0 Å². The number of hydrogen-bond donors (Lipinski definition) is 0. The quantitative estimate of drug-likeness (QED) is 0.734. The monoisotopic (exact) mass is 346 g/mol. The van der Waals surface area contributed by atoms with E-state index in [9.17, 15) is 4.79 Å². The third-order valence-electron chi connectivity index (χ3n) is 3.84. The predicted octanol–water partition coefficient (Wildman–Crippen LogP) is 4.53. The minimum absolute atomic E-state index is 0.271. The Bertz CT molecular complexity index is 523. The molecule has 1 aliphatic rings. The average Bonchev–Trinajstić information content (AvgIpc) is 2.88. The zero-order chi connectivity index (χ0) is 16.3. The second-order valence-electron chi connectivity index (χ2n) is 5.08. The van der Waals surface area contributed by atoms with Crippen molar-refractivity contribution < 1.29 is 19.0 Å². The van der Waals surface area contributed by atoms with Crippen LogP contribution < -0.4 is 0 Å². The molecule has 1 fully saturated rings. The first-order valence-electron chi connectivity index (χ1n) is 7.44. The van der Waals surface area contributed by atoms with Crippen molar-refractivity contribution in [2.45, 2.75) is 51.6 Å². The summed E-state index contributed by atoms with van der Waals surface area (Å²) in [5.74, 6) is -1.29. The second-order valence-corrected chi connectivity index (χ2v) is 5.90. The van der Waals surface area contributed by atoms with Crippen LogP contribution in [0.1, 0.15) is 45.3 Å². The summed E-state index contributed by atoms with van der Waals surface area (Å²) in [5.41, 5.74) is 0.563. The van der Waals surface area contributed by atoms with Gasteiger partial charge in [0.25, 0.3) is 0 Å². The molecule has 6 heteroatoms. The molecule has 0 N–H and O–H groups in total. The van der Waals surface area contributed by atoms with Crippen LogP contribution in [-0.4, -0.2) is 24.5 Å². The van der Waals surface area contributed by atoms with Gasteiger partial charge >= 0.3 is 5.97 Å². The molecule has 0 aromatic heterocycles. The summed E-state index contributed by atoms with van der Waals surface area (Å²) >= 11 is 12.5. The molecule has 122 valence electrons. The third-order valence-corrected chi connectivity index (χ3v) is 4.50. The Morgan fingerprint density at radius 3 is 2.27 bits per heavy atom. The summed E-state index contributed by atoms with van der Waals surface area (Å²) in [6.07, 6.45) is -0.340. The number of esters is 1. The van der Waals surface area contributed by atoms with E-state index in [2.05, 4.69) is 0 Å². The Morgan fingerprint density at radius 1 is 1.18 bits per heavy atom. The van der Waals surface area contributed by atoms with E-state index >= 15 is 0 Å². The lowest BCUT2D eigenvalue weighted by Crippen LogP contribution is -2.32. The molecular weight excluding hydrogens is 327 g/mol. The van der Waals surface area contributed by atoms with Crippen LogP contribution in [0.15, 0.2) is 18.2 Å². The van der Waals surface area contributed by atoms with Gasteiger partial charge in [0.2, 0.25) is 0 Å². The summed E-state index contributed by atoms with van der Waals surface area (Å²) in [7, 11) is 0. The van der Waals surface area contributed by atoms with Crippen molar-refractivity contribution >= 4 is 29.2 Å². The molecule has 0 spiro atoms. The highest BCUT2D eigenvalue weighted by atomic mass is 35.5. The lowest BCUT2D eigenvalue weighted by atomic mass is 10.0. The van der Waals surface area contributed by atoms with Gasteiger partial charge in [-0.1, -0.05) is 43.1 Å². The first-order chi connectivity index (χ1) is 10.5. The summed E-state index contributed by atoms with van der Waals surface area (Å²) in [4.78, 5) is 12.3. The first kappa shape index (κ1) is 17.5. The Morgan fingerprint density at radius 2 is 1.77 bits per heavy atom. The predicted molar refractivity (Wildman–Crippen MR) is 85.1 cm³/mol. The SMILES string of the molecule is CCOC(=O)[C@H]1OC(CC)(CC)O[C@@H]1c1c(Cl)cccc1Cl. The molecule has 1 aromatic rings. The molecule has 0 saturated carbocycles. The summed E-state index contributed by atoms with van der Waals surface area (Å²) in [6.45, 7) is 5.91. The first-order valence-corrected chi connectivity index (χ1v) is 8.19. The number of carbonyl (C=O) groups excluding carboxylic acids is 1. The number of halogens is 2. The maximum absolute atomic E-state index is 12.3. The highest BCUT2D eigenvalue weighted by Gasteiger charge is 2.51. The van der Waals surface area contributed by atoms with Crippen molar-refractivity contribution in [2.75, 3.05) is 6.61 Å². The van der Waals surface area contributed by atoms with Crippen LogP contribution in [0.3, 0.4) is 0 Å². The van der Waals surface area contributed by atoms with Crippen molar-refractivity contribution in [3.05, 3.63) is 33.8 Å². The highest BCUT2D eigenvalue weighted by Crippen LogP contribution is 2.46. The highest BCUT2D eigenvalue weighted by molar-refractivity contribution is 6.36. The molecule has 1 saturated heterocycles. The average molecular weight is 347 g/mol. The van der Waals surface area contributed by atoms with Crippen molar-refractivity contribution in [2.24, 2.45) is 0 Å². The number of carbonyl (C=O) groups is 1. The summed E-state index contributed by atoms with van der Waals surface area (Å²) in [5, 5.41) is 0.886. The van der Waals surface area contributed by atoms with Crippen LogP contribution >= 0.6 is 23.2 Å². The third kappa shape index (κ3) is 3.25. The van der Waals surface area contributed by atoms with Crippen LogP contribution in [0, 0.1) is 0 Å². The van der Waals surface area contributed by atoms with E-state index < -0.39 is 24.0 Å². The number of ether oxygens (including phenoxy) is 3. The van der Waals surface area contributed by atoms with Crippen molar-refractivity contribution in [1.82, 2.24) is 0 Å². The number of hydrogen-bond acceptors (Lipinski definition) is 4. The van der Waals surface area contributed by atoms with E-state index in [1.807, 2.05) is 13.8 Å². The van der Waals surface area contributed by atoms with Crippen LogP contribution in [0.25, 0.3) is 0 Å². The van der Waals surface area contributed by atoms with Gasteiger partial charge in [0.05, 0.1) is 6.61 Å². The van der Waals surface area contributed by atoms with E-state index in [0.717, 1.165) is 0 Å². The molecule has 1 aromatic carbocycles. The van der Waals surface area contributed by atoms with Crippen molar-refractivity contribution in [3.63, 3.8) is 0 Å². The minimum Gasteiger partial charge on any atom is -0.464 e. The van der Waals surface area contributed by atoms with Gasteiger partial charge < -0.3 is 14.2 Å². The van der Waals surface area contributed by atoms with E-state index in [1.165, 1.54) is 0 Å². The largest absolute Gasteiger partial charge is 0.464 e. The van der Waals surface area contributed by atoms with E-state index in [0.29, 0.717) is 28.5 Å². The Balaban J connectivity index is 2.43. The van der Waals surface area contributed by atoms with Gasteiger partial charge in [0, 0.05) is 15.6 Å². The fourth-order valence-corrected chi connectivity index (χ4v) is 3.20. The normalized spacial score (nSPS) is 23.5. The molecule has 22 heavy (non-hydrogen) atoms. The van der Waals surface area contributed by atoms with Crippen LogP contribution in [0.4, 0.5) is 0 Å². The van der Waals surface area contributed by atoms with E-state index in [1.54, 1.807) is 25.1 Å². The molecular formula is C16H20Cl2O4. The van der Waals surface area contributed by atoms with E-state index in [4.69, 9.17) is 37.4 Å². The van der Waals surface area contributed by atoms with Gasteiger partial charge in [-0.25, -0.2) is 4.79 Å². The molecule has 0 radical (unpaired) electrons. The molecule has 0 amide bonds.